The summed E-state index contributed by atoms with van der Waals surface area (Å²) in [5.74, 6) is -2.93. The van der Waals surface area contributed by atoms with Gasteiger partial charge in [-0.25, -0.2) is 0 Å². The van der Waals surface area contributed by atoms with Crippen LogP contribution >= 0.6 is 0 Å². The maximum absolute atomic E-state index is 13.2. The van der Waals surface area contributed by atoms with Gasteiger partial charge in [0.25, 0.3) is 0 Å². The SMILES string of the molecule is C=C1CC(C(=O)OC)(C(=O)OC)C/C1=C1\CC(C(=O)OC)(C(=O)OC)CC1(C)CB1OC(C)(C)C(C)(C)O1. The van der Waals surface area contributed by atoms with E-state index in [1.54, 1.807) is 0 Å². The van der Waals surface area contributed by atoms with Gasteiger partial charge in [-0.2, -0.15) is 0 Å². The molecule has 38 heavy (non-hydrogen) atoms. The lowest BCUT2D eigenvalue weighted by Gasteiger charge is -2.32. The molecule has 1 atom stereocenters. The highest BCUT2D eigenvalue weighted by Crippen LogP contribution is 2.61. The van der Waals surface area contributed by atoms with Crippen LogP contribution in [0.4, 0.5) is 0 Å². The van der Waals surface area contributed by atoms with Crippen molar-refractivity contribution in [3.63, 3.8) is 0 Å². The molecule has 0 radical (unpaired) electrons. The Kier molecular flexibility index (Phi) is 7.73. The average molecular weight is 534 g/mol. The molecule has 3 aliphatic rings. The summed E-state index contributed by atoms with van der Waals surface area (Å²) < 4.78 is 32.7. The third kappa shape index (κ3) is 4.47. The van der Waals surface area contributed by atoms with Gasteiger partial charge >= 0.3 is 31.0 Å². The third-order valence-electron chi connectivity index (χ3n) is 8.91. The fraction of sp³-hybridized carbons (Fsp3) is 0.704. The summed E-state index contributed by atoms with van der Waals surface area (Å²) in [5.41, 5.74) is -3.43. The van der Waals surface area contributed by atoms with Crippen LogP contribution in [0.1, 0.15) is 60.3 Å². The molecule has 0 N–H and O–H groups in total. The largest absolute Gasteiger partial charge is 0.468 e. The second kappa shape index (κ2) is 9.82. The normalized spacial score (nSPS) is 28.7. The molecule has 1 aliphatic heterocycles. The lowest BCUT2D eigenvalue weighted by atomic mass is 9.64. The quantitative estimate of drug-likeness (QED) is 0.217. The van der Waals surface area contributed by atoms with E-state index in [9.17, 15) is 19.2 Å². The van der Waals surface area contributed by atoms with Gasteiger partial charge in [0, 0.05) is 0 Å². The highest BCUT2D eigenvalue weighted by atomic mass is 16.7. The van der Waals surface area contributed by atoms with Gasteiger partial charge in [0.15, 0.2) is 10.8 Å². The molecule has 0 spiro atoms. The number of rotatable bonds is 6. The summed E-state index contributed by atoms with van der Waals surface area (Å²) in [7, 11) is 4.21. The Morgan fingerprint density at radius 3 is 1.58 bits per heavy atom. The number of ether oxygens (including phenoxy) is 4. The Morgan fingerprint density at radius 2 is 1.16 bits per heavy atom. The van der Waals surface area contributed by atoms with E-state index in [1.807, 2.05) is 34.6 Å². The van der Waals surface area contributed by atoms with Crippen molar-refractivity contribution in [2.45, 2.75) is 77.8 Å². The first-order valence-corrected chi connectivity index (χ1v) is 12.6. The van der Waals surface area contributed by atoms with Crippen LogP contribution < -0.4 is 0 Å². The van der Waals surface area contributed by atoms with Crippen molar-refractivity contribution in [1.82, 2.24) is 0 Å². The van der Waals surface area contributed by atoms with Crippen LogP contribution in [0.5, 0.6) is 0 Å². The summed E-state index contributed by atoms with van der Waals surface area (Å²) in [6.07, 6.45) is 0.262. The Morgan fingerprint density at radius 1 is 0.737 bits per heavy atom. The molecule has 1 saturated heterocycles. The van der Waals surface area contributed by atoms with Gasteiger partial charge < -0.3 is 28.3 Å². The van der Waals surface area contributed by atoms with Crippen molar-refractivity contribution in [2.24, 2.45) is 16.2 Å². The minimum atomic E-state index is -1.63. The lowest BCUT2D eigenvalue weighted by molar-refractivity contribution is -0.170. The summed E-state index contributed by atoms with van der Waals surface area (Å²) in [6.45, 7) is 13.8. The molecule has 0 amide bonds. The van der Waals surface area contributed by atoms with Gasteiger partial charge in [-0.15, -0.1) is 0 Å². The van der Waals surface area contributed by atoms with Crippen molar-refractivity contribution in [3.8, 4) is 0 Å². The molecule has 2 aliphatic carbocycles. The topological polar surface area (TPSA) is 124 Å². The zero-order chi connectivity index (χ0) is 28.9. The molecule has 11 heteroatoms. The van der Waals surface area contributed by atoms with E-state index in [0.717, 1.165) is 0 Å². The Bertz CT molecular complexity index is 1040. The average Bonchev–Trinajstić information content (AvgIpc) is 3.43. The zero-order valence-corrected chi connectivity index (χ0v) is 23.9. The van der Waals surface area contributed by atoms with E-state index in [4.69, 9.17) is 28.3 Å². The first-order chi connectivity index (χ1) is 17.5. The molecule has 210 valence electrons. The third-order valence-corrected chi connectivity index (χ3v) is 8.91. The molecule has 2 saturated carbocycles. The highest BCUT2D eigenvalue weighted by molar-refractivity contribution is 6.45. The number of esters is 4. The molecule has 10 nitrogen and oxygen atoms in total. The number of allylic oxidation sites excluding steroid dienone is 3. The molecule has 0 bridgehead atoms. The van der Waals surface area contributed by atoms with Crippen LogP contribution in [0.2, 0.25) is 6.32 Å². The van der Waals surface area contributed by atoms with Gasteiger partial charge in [0.1, 0.15) is 0 Å². The molecule has 1 unspecified atom stereocenters. The number of hydrogen-bond donors (Lipinski definition) is 0. The van der Waals surface area contributed by atoms with Crippen LogP contribution in [0.15, 0.2) is 23.3 Å². The monoisotopic (exact) mass is 534 g/mol. The molecule has 1 heterocycles. The van der Waals surface area contributed by atoms with E-state index in [-0.39, 0.29) is 25.7 Å². The van der Waals surface area contributed by atoms with Crippen molar-refractivity contribution in [3.05, 3.63) is 23.3 Å². The maximum atomic E-state index is 13.2. The van der Waals surface area contributed by atoms with Crippen LogP contribution in [0, 0.1) is 16.2 Å². The minimum absolute atomic E-state index is 0.0127. The second-order valence-electron chi connectivity index (χ2n) is 11.8. The van der Waals surface area contributed by atoms with Crippen LogP contribution in [0.25, 0.3) is 0 Å². The van der Waals surface area contributed by atoms with E-state index >= 15 is 0 Å². The van der Waals surface area contributed by atoms with E-state index in [1.165, 1.54) is 28.4 Å². The lowest BCUT2D eigenvalue weighted by Crippen LogP contribution is -2.41. The van der Waals surface area contributed by atoms with Gasteiger partial charge in [0.2, 0.25) is 0 Å². The molecule has 0 aromatic heterocycles. The summed E-state index contributed by atoms with van der Waals surface area (Å²) in [6, 6.07) is 0. The Labute approximate surface area is 224 Å². The Balaban J connectivity index is 2.19. The fourth-order valence-electron chi connectivity index (χ4n) is 6.24. The van der Waals surface area contributed by atoms with Crippen molar-refractivity contribution >= 4 is 31.0 Å². The van der Waals surface area contributed by atoms with Crippen LogP contribution in [0.3, 0.4) is 0 Å². The van der Waals surface area contributed by atoms with Crippen molar-refractivity contribution in [2.75, 3.05) is 28.4 Å². The van der Waals surface area contributed by atoms with E-state index < -0.39 is 58.4 Å². The Hall–Kier alpha value is -2.66. The summed E-state index contributed by atoms with van der Waals surface area (Å²) in [4.78, 5) is 52.1. The van der Waals surface area contributed by atoms with Gasteiger partial charge in [-0.05, 0) is 70.7 Å². The number of hydrogen-bond acceptors (Lipinski definition) is 10. The van der Waals surface area contributed by atoms with E-state index in [2.05, 4.69) is 6.58 Å². The molecular formula is C27H39BO10. The second-order valence-corrected chi connectivity index (χ2v) is 11.8. The first kappa shape index (κ1) is 29.9. The van der Waals surface area contributed by atoms with Gasteiger partial charge in [-0.1, -0.05) is 24.6 Å². The van der Waals surface area contributed by atoms with E-state index in [0.29, 0.717) is 23.0 Å². The van der Waals surface area contributed by atoms with Gasteiger partial charge in [0.05, 0.1) is 39.6 Å². The molecule has 3 rings (SSSR count). The smallest absolute Gasteiger partial charge is 0.458 e. The summed E-state index contributed by atoms with van der Waals surface area (Å²) >= 11 is 0. The molecule has 0 aromatic rings. The van der Waals surface area contributed by atoms with Crippen molar-refractivity contribution in [1.29, 1.82) is 0 Å². The van der Waals surface area contributed by atoms with Crippen LogP contribution in [-0.4, -0.2) is 70.6 Å². The van der Waals surface area contributed by atoms with Crippen molar-refractivity contribution < 1.29 is 47.4 Å². The fourth-order valence-corrected chi connectivity index (χ4v) is 6.24. The zero-order valence-electron chi connectivity index (χ0n) is 23.9. The molecule has 3 fully saturated rings. The predicted molar refractivity (Wildman–Crippen MR) is 137 cm³/mol. The van der Waals surface area contributed by atoms with Crippen LogP contribution in [-0.2, 0) is 47.4 Å². The standard InChI is InChI=1S/C27H39BO10/c1-16-11-26(19(29)33-7,20(30)34-8)12-17(16)18-13-27(21(31)35-9,22(32)36-10)14-25(18,6)15-28-37-23(2,3)24(4,5)38-28/h1,11-15H2,2-10H3/b18-17-. The van der Waals surface area contributed by atoms with Gasteiger partial charge in [-0.3, -0.25) is 19.2 Å². The number of carbonyl (C=O) groups is 4. The molecular weight excluding hydrogens is 495 g/mol. The predicted octanol–water partition coefficient (Wildman–Crippen LogP) is 3.19. The number of methoxy groups -OCH3 is 4. The highest BCUT2D eigenvalue weighted by Gasteiger charge is 2.64. The molecule has 0 aromatic carbocycles. The number of carbonyl (C=O) groups excluding carboxylic acids is 4. The first-order valence-electron chi connectivity index (χ1n) is 12.6. The summed E-state index contributed by atoms with van der Waals surface area (Å²) in [5, 5.41) is 0. The maximum Gasteiger partial charge on any atom is 0.458 e. The minimum Gasteiger partial charge on any atom is -0.468 e.